The van der Waals surface area contributed by atoms with E-state index in [1.807, 2.05) is 194 Å². The van der Waals surface area contributed by atoms with Crippen molar-refractivity contribution in [1.82, 2.24) is 9.13 Å². The molecule has 338 valence electrons. The van der Waals surface area contributed by atoms with Crippen LogP contribution in [0.1, 0.15) is 5.56 Å². The van der Waals surface area contributed by atoms with Crippen LogP contribution in [0.4, 0.5) is 30.7 Å². The molecule has 0 amide bonds. The third-order valence-corrected chi connectivity index (χ3v) is 13.2. The molecule has 0 aliphatic carbocycles. The van der Waals surface area contributed by atoms with Gasteiger partial charge in [-0.25, -0.2) is 17.6 Å². The van der Waals surface area contributed by atoms with Gasteiger partial charge in [-0.1, -0.05) is 170 Å². The molecule has 2 aromatic heterocycles. The third kappa shape index (κ3) is 7.03. The maximum atomic E-state index is 17.0. The van der Waals surface area contributed by atoms with Crippen molar-refractivity contribution in [2.75, 3.05) is 0 Å². The van der Waals surface area contributed by atoms with E-state index in [2.05, 4.69) is 0 Å². The lowest BCUT2D eigenvalue weighted by atomic mass is 9.97. The lowest BCUT2D eigenvalue weighted by Gasteiger charge is -2.23. The van der Waals surface area contributed by atoms with Crippen LogP contribution in [0.5, 0.6) is 0 Å². The highest BCUT2D eigenvalue weighted by molar-refractivity contribution is 6.13. The van der Waals surface area contributed by atoms with Crippen LogP contribution >= 0.6 is 0 Å². The van der Waals surface area contributed by atoms with Crippen LogP contribution in [0.3, 0.4) is 0 Å². The molecule has 70 heavy (non-hydrogen) atoms. The Morgan fingerprint density at radius 1 is 0.286 bits per heavy atom. The van der Waals surface area contributed by atoms with Gasteiger partial charge in [0, 0.05) is 27.1 Å². The van der Waals surface area contributed by atoms with Gasteiger partial charge < -0.3 is 9.13 Å². The number of fused-ring (bicyclic) bond motifs is 6. The van der Waals surface area contributed by atoms with Gasteiger partial charge >= 0.3 is 6.18 Å². The highest BCUT2D eigenvalue weighted by atomic mass is 19.4. The summed E-state index contributed by atoms with van der Waals surface area (Å²) in [4.78, 5) is 0. The average molecular weight is 929 g/mol. The number of hydrogen-bond acceptors (Lipinski definition) is 0. The van der Waals surface area contributed by atoms with Gasteiger partial charge in [0.1, 0.15) is 5.56 Å². The van der Waals surface area contributed by atoms with Crippen LogP contribution in [-0.2, 0) is 6.18 Å². The van der Waals surface area contributed by atoms with Crippen molar-refractivity contribution >= 4 is 43.6 Å². The molecule has 0 radical (unpaired) electrons. The van der Waals surface area contributed by atoms with Gasteiger partial charge in [-0.05, 0) is 92.5 Å². The van der Waals surface area contributed by atoms with Crippen molar-refractivity contribution in [2.45, 2.75) is 6.18 Å². The quantitative estimate of drug-likeness (QED) is 0.0856. The summed E-state index contributed by atoms with van der Waals surface area (Å²) >= 11 is 0. The second kappa shape index (κ2) is 16.5. The van der Waals surface area contributed by atoms with Gasteiger partial charge in [0.25, 0.3) is 0 Å². The largest absolute Gasteiger partial charge is 0.420 e. The zero-order chi connectivity index (χ0) is 47.8. The first kappa shape index (κ1) is 42.6. The molecule has 0 N–H and O–H groups in total. The SMILES string of the molecule is Fc1cc(-c2cc(-n3c4cc(-c5ccccc5)ccc4c4ccc(-c5ccccc5)cc43)c(C(F)(F)F)c(-n3c4cc(-c5ccccc5)ccc4c4ccc(-c5ccccc5)cc43)c2)c(F)c(F)c1F. The average Bonchev–Trinajstić information content (AvgIpc) is 3.90. The first-order valence-electron chi connectivity index (χ1n) is 22.5. The number of alkyl halides is 3. The number of hydrogen-bond donors (Lipinski definition) is 0. The van der Waals surface area contributed by atoms with E-state index < -0.39 is 51.9 Å². The number of rotatable bonds is 7. The number of aromatic nitrogens is 2. The molecule has 12 rings (SSSR count). The Balaban J connectivity index is 1.28. The van der Waals surface area contributed by atoms with Crippen molar-refractivity contribution in [3.63, 3.8) is 0 Å². The van der Waals surface area contributed by atoms with Crippen LogP contribution in [0.15, 0.2) is 212 Å². The minimum Gasteiger partial charge on any atom is -0.308 e. The van der Waals surface area contributed by atoms with Gasteiger partial charge in [-0.3, -0.25) is 0 Å². The molecular formula is C61H35F7N2. The summed E-state index contributed by atoms with van der Waals surface area (Å²) in [6.45, 7) is 0. The monoisotopic (exact) mass is 928 g/mol. The molecule has 0 aliphatic heterocycles. The van der Waals surface area contributed by atoms with Gasteiger partial charge in [0.05, 0.1) is 33.4 Å². The van der Waals surface area contributed by atoms with E-state index in [1.54, 1.807) is 0 Å². The zero-order valence-corrected chi connectivity index (χ0v) is 36.7. The molecule has 0 fully saturated rings. The standard InChI is InChI=1S/C61H35F7N2/c62-50-35-49(58(63)60(65)59(50)64)44-33-55(69-51-29-40(36-13-5-1-6-14-36)21-25-45(51)46-26-22-41(30-52(46)69)37-15-7-2-8-16-37)57(61(66,67)68)56(34-44)70-53-31-42(38-17-9-3-10-18-38)23-27-47(53)48-28-24-43(32-54(48)70)39-19-11-4-12-20-39/h1-35H. The minimum absolute atomic E-state index is 0.324. The van der Waals surface area contributed by atoms with E-state index in [9.17, 15) is 4.39 Å². The Kier molecular flexibility index (Phi) is 10.1. The molecular weight excluding hydrogens is 894 g/mol. The summed E-state index contributed by atoms with van der Waals surface area (Å²) in [5.74, 6) is -7.59. The van der Waals surface area contributed by atoms with E-state index in [1.165, 1.54) is 9.13 Å². The smallest absolute Gasteiger partial charge is 0.308 e. The van der Waals surface area contributed by atoms with Crippen molar-refractivity contribution in [2.24, 2.45) is 0 Å². The fourth-order valence-corrected chi connectivity index (χ4v) is 9.99. The highest BCUT2D eigenvalue weighted by Crippen LogP contribution is 2.48. The minimum atomic E-state index is -5.13. The van der Waals surface area contributed by atoms with Crippen LogP contribution in [0.25, 0.3) is 111 Å². The molecule has 0 aliphatic rings. The molecule has 0 saturated heterocycles. The van der Waals surface area contributed by atoms with Crippen LogP contribution in [0, 0.1) is 23.3 Å². The summed E-state index contributed by atoms with van der Waals surface area (Å²) in [5.41, 5.74) is 4.51. The van der Waals surface area contributed by atoms with Crippen LogP contribution in [-0.4, -0.2) is 9.13 Å². The van der Waals surface area contributed by atoms with Crippen LogP contribution < -0.4 is 0 Å². The van der Waals surface area contributed by atoms with Gasteiger partial charge in [0.15, 0.2) is 23.3 Å². The van der Waals surface area contributed by atoms with Crippen molar-refractivity contribution in [1.29, 1.82) is 0 Å². The van der Waals surface area contributed by atoms with Gasteiger partial charge in [-0.15, -0.1) is 0 Å². The van der Waals surface area contributed by atoms with Crippen molar-refractivity contribution in [3.8, 4) is 67.0 Å². The zero-order valence-electron chi connectivity index (χ0n) is 36.7. The normalized spacial score (nSPS) is 11.9. The van der Waals surface area contributed by atoms with Crippen LogP contribution in [0.2, 0.25) is 0 Å². The maximum Gasteiger partial charge on any atom is 0.420 e. The van der Waals surface area contributed by atoms with Crippen molar-refractivity contribution in [3.05, 3.63) is 241 Å². The molecule has 0 saturated carbocycles. The Morgan fingerprint density at radius 2 is 0.600 bits per heavy atom. The Bertz CT molecular complexity index is 3590. The molecule has 0 bridgehead atoms. The fraction of sp³-hybridized carbons (Fsp3) is 0.0164. The maximum absolute atomic E-state index is 17.0. The van der Waals surface area contributed by atoms with Crippen molar-refractivity contribution < 1.29 is 30.7 Å². The predicted octanol–water partition coefficient (Wildman–Crippen LogP) is 17.8. The molecule has 0 unspecified atom stereocenters. The Labute approximate surface area is 396 Å². The summed E-state index contributed by atoms with van der Waals surface area (Å²) in [7, 11) is 0. The van der Waals surface area contributed by atoms with E-state index >= 15 is 26.3 Å². The lowest BCUT2D eigenvalue weighted by Crippen LogP contribution is -2.16. The van der Waals surface area contributed by atoms with E-state index in [-0.39, 0.29) is 5.56 Å². The van der Waals surface area contributed by atoms with E-state index in [0.717, 1.165) is 34.4 Å². The first-order valence-corrected chi connectivity index (χ1v) is 22.5. The molecule has 2 nitrogen and oxygen atoms in total. The van der Waals surface area contributed by atoms with E-state index in [4.69, 9.17) is 0 Å². The first-order chi connectivity index (χ1) is 34.0. The molecule has 2 heterocycles. The summed E-state index contributed by atoms with van der Waals surface area (Å²) < 4.78 is 116. The second-order valence-electron chi connectivity index (χ2n) is 17.3. The third-order valence-electron chi connectivity index (χ3n) is 13.2. The number of benzene rings is 10. The molecule has 10 aromatic carbocycles. The Hall–Kier alpha value is -8.69. The molecule has 0 spiro atoms. The fourth-order valence-electron chi connectivity index (χ4n) is 9.99. The van der Waals surface area contributed by atoms with Gasteiger partial charge in [0.2, 0.25) is 0 Å². The lowest BCUT2D eigenvalue weighted by molar-refractivity contribution is -0.137. The van der Waals surface area contributed by atoms with Gasteiger partial charge in [-0.2, -0.15) is 13.2 Å². The second-order valence-corrected chi connectivity index (χ2v) is 17.3. The molecule has 0 atom stereocenters. The number of halogens is 7. The summed E-state index contributed by atoms with van der Waals surface area (Å²) in [5, 5.41) is 2.49. The Morgan fingerprint density at radius 3 is 0.900 bits per heavy atom. The highest BCUT2D eigenvalue weighted by Gasteiger charge is 2.40. The molecule has 9 heteroatoms. The predicted molar refractivity (Wildman–Crippen MR) is 267 cm³/mol. The van der Waals surface area contributed by atoms with E-state index in [0.29, 0.717) is 71.9 Å². The summed E-state index contributed by atoms with van der Waals surface area (Å²) in [6.07, 6.45) is -5.13. The topological polar surface area (TPSA) is 9.86 Å². The molecule has 12 aromatic rings. The number of nitrogens with zero attached hydrogens (tertiary/aromatic N) is 2. The summed E-state index contributed by atoms with van der Waals surface area (Å²) in [6, 6.07) is 62.7.